The van der Waals surface area contributed by atoms with Crippen LogP contribution in [0, 0.1) is 5.92 Å². The van der Waals surface area contributed by atoms with Crippen LogP contribution in [0.1, 0.15) is 30.4 Å². The van der Waals surface area contributed by atoms with Gasteiger partial charge in [0.25, 0.3) is 0 Å². The molecule has 1 heterocycles. The van der Waals surface area contributed by atoms with Gasteiger partial charge in [-0.3, -0.25) is 4.79 Å². The number of amides is 2. The number of ether oxygens (including phenoxy) is 1. The Labute approximate surface area is 185 Å². The number of aliphatic carboxylic acids is 1. The molecule has 8 heteroatoms. The SMILES string of the molecule is CC(CNC(=O)OCC1c2ccccc2-c2ccccc21)C(=O)N1CC(O)C[C@H]1C(=O)O. The van der Waals surface area contributed by atoms with Crippen molar-refractivity contribution < 1.29 is 29.3 Å². The van der Waals surface area contributed by atoms with Crippen molar-refractivity contribution in [2.24, 2.45) is 5.92 Å². The van der Waals surface area contributed by atoms with E-state index in [1.165, 1.54) is 0 Å². The van der Waals surface area contributed by atoms with Gasteiger partial charge in [0, 0.05) is 25.4 Å². The number of hydrogen-bond donors (Lipinski definition) is 3. The van der Waals surface area contributed by atoms with E-state index in [2.05, 4.69) is 17.4 Å². The Kier molecular flexibility index (Phi) is 6.14. The van der Waals surface area contributed by atoms with E-state index in [1.807, 2.05) is 36.4 Å². The summed E-state index contributed by atoms with van der Waals surface area (Å²) in [5.41, 5.74) is 4.49. The normalized spacial score (nSPS) is 20.4. The largest absolute Gasteiger partial charge is 0.480 e. The third kappa shape index (κ3) is 4.18. The third-order valence-electron chi connectivity index (χ3n) is 6.16. The quantitative estimate of drug-likeness (QED) is 0.637. The first kappa shape index (κ1) is 21.8. The predicted molar refractivity (Wildman–Crippen MR) is 116 cm³/mol. The standard InChI is InChI=1S/C24H26N2O6/c1-14(22(28)26-12-15(27)10-21(26)23(29)30)11-25-24(31)32-13-20-18-8-4-2-6-16(18)17-7-3-5-9-19(17)20/h2-9,14-15,20-21,27H,10-13H2,1H3,(H,25,31)(H,29,30)/t14?,15?,21-/m0/s1. The molecule has 32 heavy (non-hydrogen) atoms. The lowest BCUT2D eigenvalue weighted by Crippen LogP contribution is -2.45. The van der Waals surface area contributed by atoms with Crippen LogP contribution in [0.25, 0.3) is 11.1 Å². The number of likely N-dealkylation sites (tertiary alicyclic amines) is 1. The molecule has 0 spiro atoms. The highest BCUT2D eigenvalue weighted by Crippen LogP contribution is 2.44. The Hall–Kier alpha value is -3.39. The van der Waals surface area contributed by atoms with Gasteiger partial charge in [0.2, 0.25) is 5.91 Å². The number of carbonyl (C=O) groups excluding carboxylic acids is 2. The molecule has 1 aliphatic carbocycles. The molecule has 1 fully saturated rings. The molecule has 0 radical (unpaired) electrons. The molecule has 2 amide bonds. The molecule has 3 N–H and O–H groups in total. The highest BCUT2D eigenvalue weighted by Gasteiger charge is 2.40. The van der Waals surface area contributed by atoms with Crippen LogP contribution in [-0.2, 0) is 14.3 Å². The first-order chi connectivity index (χ1) is 15.4. The highest BCUT2D eigenvalue weighted by molar-refractivity contribution is 5.86. The summed E-state index contributed by atoms with van der Waals surface area (Å²) < 4.78 is 5.46. The van der Waals surface area contributed by atoms with Gasteiger partial charge in [0.05, 0.1) is 12.0 Å². The van der Waals surface area contributed by atoms with E-state index in [0.717, 1.165) is 27.2 Å². The minimum Gasteiger partial charge on any atom is -0.480 e. The lowest BCUT2D eigenvalue weighted by Gasteiger charge is -2.24. The van der Waals surface area contributed by atoms with E-state index in [4.69, 9.17) is 4.74 Å². The first-order valence-corrected chi connectivity index (χ1v) is 10.7. The molecule has 2 unspecified atom stereocenters. The van der Waals surface area contributed by atoms with Crippen LogP contribution in [0.4, 0.5) is 4.79 Å². The molecule has 8 nitrogen and oxygen atoms in total. The van der Waals surface area contributed by atoms with Crippen molar-refractivity contribution in [2.75, 3.05) is 19.7 Å². The molecule has 4 rings (SSSR count). The molecular weight excluding hydrogens is 412 g/mol. The fourth-order valence-electron chi connectivity index (χ4n) is 4.55. The second kappa shape index (κ2) is 9.00. The number of rotatable bonds is 6. The van der Waals surface area contributed by atoms with Crippen LogP contribution >= 0.6 is 0 Å². The number of fused-ring (bicyclic) bond motifs is 3. The molecule has 0 bridgehead atoms. The second-order valence-corrected chi connectivity index (χ2v) is 8.34. The summed E-state index contributed by atoms with van der Waals surface area (Å²) in [5, 5.41) is 21.6. The molecule has 2 aliphatic rings. The lowest BCUT2D eigenvalue weighted by molar-refractivity contribution is -0.149. The average molecular weight is 438 g/mol. The van der Waals surface area contributed by atoms with E-state index < -0.39 is 36.0 Å². The number of hydrogen-bond acceptors (Lipinski definition) is 5. The Morgan fingerprint density at radius 1 is 1.09 bits per heavy atom. The van der Waals surface area contributed by atoms with Gasteiger partial charge < -0.3 is 25.2 Å². The van der Waals surface area contributed by atoms with Gasteiger partial charge >= 0.3 is 12.1 Å². The van der Waals surface area contributed by atoms with Crippen molar-refractivity contribution in [3.63, 3.8) is 0 Å². The number of aliphatic hydroxyl groups is 1. The average Bonchev–Trinajstić information content (AvgIpc) is 3.34. The minimum atomic E-state index is -1.15. The number of nitrogens with zero attached hydrogens (tertiary/aromatic N) is 1. The third-order valence-corrected chi connectivity index (χ3v) is 6.16. The Balaban J connectivity index is 1.32. The molecule has 1 saturated heterocycles. The van der Waals surface area contributed by atoms with Gasteiger partial charge in [0.15, 0.2) is 0 Å². The fraction of sp³-hybridized carbons (Fsp3) is 0.375. The van der Waals surface area contributed by atoms with Crippen molar-refractivity contribution >= 4 is 18.0 Å². The number of benzene rings is 2. The zero-order chi connectivity index (χ0) is 22.8. The van der Waals surface area contributed by atoms with Gasteiger partial charge in [-0.25, -0.2) is 9.59 Å². The van der Waals surface area contributed by atoms with Crippen molar-refractivity contribution in [2.45, 2.75) is 31.4 Å². The monoisotopic (exact) mass is 438 g/mol. The maximum absolute atomic E-state index is 12.6. The zero-order valence-electron chi connectivity index (χ0n) is 17.7. The Morgan fingerprint density at radius 3 is 2.28 bits per heavy atom. The summed E-state index contributed by atoms with van der Waals surface area (Å²) in [6.07, 6.45) is -1.49. The topological polar surface area (TPSA) is 116 Å². The summed E-state index contributed by atoms with van der Waals surface area (Å²) in [4.78, 5) is 37.4. The van der Waals surface area contributed by atoms with E-state index >= 15 is 0 Å². The second-order valence-electron chi connectivity index (χ2n) is 8.34. The van der Waals surface area contributed by atoms with Crippen LogP contribution in [0.3, 0.4) is 0 Å². The van der Waals surface area contributed by atoms with Crippen LogP contribution in [-0.4, -0.2) is 64.9 Å². The van der Waals surface area contributed by atoms with Crippen LogP contribution in [0.2, 0.25) is 0 Å². The Bertz CT molecular complexity index is 993. The minimum absolute atomic E-state index is 0.00754. The zero-order valence-corrected chi connectivity index (χ0v) is 17.7. The summed E-state index contributed by atoms with van der Waals surface area (Å²) in [6.45, 7) is 1.76. The molecule has 0 aromatic heterocycles. The number of carbonyl (C=O) groups is 3. The summed E-state index contributed by atoms with van der Waals surface area (Å²) in [7, 11) is 0. The number of alkyl carbamates (subject to hydrolysis) is 1. The highest BCUT2D eigenvalue weighted by atomic mass is 16.5. The first-order valence-electron chi connectivity index (χ1n) is 10.7. The van der Waals surface area contributed by atoms with Crippen LogP contribution in [0.5, 0.6) is 0 Å². The molecule has 1 aliphatic heterocycles. The van der Waals surface area contributed by atoms with E-state index in [-0.39, 0.29) is 32.0 Å². The molecule has 0 saturated carbocycles. The van der Waals surface area contributed by atoms with Crippen molar-refractivity contribution in [3.05, 3.63) is 59.7 Å². The smallest absolute Gasteiger partial charge is 0.407 e. The maximum atomic E-state index is 12.6. The summed E-state index contributed by atoms with van der Waals surface area (Å²) in [6, 6.07) is 15.0. The van der Waals surface area contributed by atoms with Gasteiger partial charge in [-0.2, -0.15) is 0 Å². The number of nitrogens with one attached hydrogen (secondary N) is 1. The predicted octanol–water partition coefficient (Wildman–Crippen LogP) is 2.21. The van der Waals surface area contributed by atoms with E-state index in [1.54, 1.807) is 6.92 Å². The number of carboxylic acids is 1. The van der Waals surface area contributed by atoms with Gasteiger partial charge in [-0.05, 0) is 22.3 Å². The number of aliphatic hydroxyl groups excluding tert-OH is 1. The fourth-order valence-corrected chi connectivity index (χ4v) is 4.55. The number of carboxylic acid groups (broad SMARTS) is 1. The van der Waals surface area contributed by atoms with Crippen molar-refractivity contribution in [3.8, 4) is 11.1 Å². The molecule has 3 atom stereocenters. The molecule has 2 aromatic rings. The maximum Gasteiger partial charge on any atom is 0.407 e. The van der Waals surface area contributed by atoms with E-state index in [0.29, 0.717) is 0 Å². The molecule has 168 valence electrons. The van der Waals surface area contributed by atoms with Gasteiger partial charge in [-0.15, -0.1) is 0 Å². The lowest BCUT2D eigenvalue weighted by atomic mass is 9.98. The summed E-state index contributed by atoms with van der Waals surface area (Å²) in [5.74, 6) is -2.28. The van der Waals surface area contributed by atoms with Crippen LogP contribution in [0.15, 0.2) is 48.5 Å². The van der Waals surface area contributed by atoms with Crippen molar-refractivity contribution in [1.82, 2.24) is 10.2 Å². The van der Waals surface area contributed by atoms with E-state index in [9.17, 15) is 24.6 Å². The van der Waals surface area contributed by atoms with Gasteiger partial charge in [0.1, 0.15) is 12.6 Å². The van der Waals surface area contributed by atoms with Crippen LogP contribution < -0.4 is 5.32 Å². The summed E-state index contributed by atoms with van der Waals surface area (Å²) >= 11 is 0. The van der Waals surface area contributed by atoms with Gasteiger partial charge in [-0.1, -0.05) is 55.5 Å². The molecule has 2 aromatic carbocycles. The van der Waals surface area contributed by atoms with Crippen molar-refractivity contribution in [1.29, 1.82) is 0 Å². The molecular formula is C24H26N2O6. The number of β-amino-alcohol motifs (C(OH)–C–C–N with tert-alkyl or cyclic N) is 1. The Morgan fingerprint density at radius 2 is 1.69 bits per heavy atom.